The molecular formula is C20H26N6O6S4. The van der Waals surface area contributed by atoms with E-state index >= 15 is 0 Å². The summed E-state index contributed by atoms with van der Waals surface area (Å²) in [4.78, 5) is 32.3. The summed E-state index contributed by atoms with van der Waals surface area (Å²) < 4.78 is 8.14. The number of carbonyl (C=O) groups excluding carboxylic acids is 2. The molecule has 0 fully saturated rings. The van der Waals surface area contributed by atoms with Gasteiger partial charge in [0.1, 0.15) is 0 Å². The van der Waals surface area contributed by atoms with Crippen molar-refractivity contribution >= 4 is 83.7 Å². The molecule has 196 valence electrons. The van der Waals surface area contributed by atoms with Crippen LogP contribution in [0.5, 0.6) is 0 Å². The van der Waals surface area contributed by atoms with Crippen molar-refractivity contribution in [2.45, 2.75) is 26.9 Å². The average Bonchev–Trinajstić information content (AvgIpc) is 2.82. The molecule has 0 aliphatic rings. The predicted octanol–water partition coefficient (Wildman–Crippen LogP) is 3.02. The van der Waals surface area contributed by atoms with Crippen LogP contribution in [0.4, 0.5) is 11.4 Å². The maximum absolute atomic E-state index is 10.8. The van der Waals surface area contributed by atoms with Crippen LogP contribution in [0.2, 0.25) is 0 Å². The molecular weight excluding hydrogens is 549 g/mol. The zero-order chi connectivity index (χ0) is 27.2. The lowest BCUT2D eigenvalue weighted by molar-refractivity contribution is -0.244. The number of hydroxylamine groups is 2. The van der Waals surface area contributed by atoms with Gasteiger partial charge in [0.15, 0.2) is 5.11 Å². The highest BCUT2D eigenvalue weighted by Crippen LogP contribution is 2.09. The monoisotopic (exact) mass is 574 g/mol. The Morgan fingerprint density at radius 1 is 0.944 bits per heavy atom. The summed E-state index contributed by atoms with van der Waals surface area (Å²) >= 11 is 15.8. The number of hydrogen-bond donors (Lipinski definition) is 7. The van der Waals surface area contributed by atoms with Crippen molar-refractivity contribution in [3.8, 4) is 0 Å². The van der Waals surface area contributed by atoms with E-state index in [0.717, 1.165) is 22.5 Å². The number of hydrogen-bond acceptors (Lipinski definition) is 13. The fourth-order valence-corrected chi connectivity index (χ4v) is 2.50. The van der Waals surface area contributed by atoms with E-state index in [1.165, 1.54) is 13.8 Å². The number of benzene rings is 2. The first-order valence-corrected chi connectivity index (χ1v) is 11.3. The summed E-state index contributed by atoms with van der Waals surface area (Å²) in [5.74, 6) is -0.512. The Morgan fingerprint density at radius 3 is 1.78 bits per heavy atom. The number of aliphatic imine (C=N–C) groups is 1. The van der Waals surface area contributed by atoms with E-state index in [2.05, 4.69) is 83.3 Å². The number of nitrogen functional groups attached to an aromatic ring is 1. The van der Waals surface area contributed by atoms with Crippen molar-refractivity contribution in [3.63, 3.8) is 0 Å². The van der Waals surface area contributed by atoms with E-state index in [4.69, 9.17) is 18.0 Å². The van der Waals surface area contributed by atoms with Crippen molar-refractivity contribution in [1.82, 2.24) is 16.3 Å². The lowest BCUT2D eigenvalue weighted by atomic mass is 10.2. The van der Waals surface area contributed by atoms with Crippen LogP contribution in [-0.4, -0.2) is 22.1 Å². The highest BCUT2D eigenvalue weighted by atomic mass is 32.1. The lowest BCUT2D eigenvalue weighted by Crippen LogP contribution is -2.32. The predicted molar refractivity (Wildman–Crippen MR) is 149 cm³/mol. The van der Waals surface area contributed by atoms with Crippen LogP contribution >= 0.6 is 50.3 Å². The third-order valence-corrected chi connectivity index (χ3v) is 3.87. The maximum Gasteiger partial charge on any atom is 0.251 e. The largest absolute Gasteiger partial charge is 0.399 e. The first-order valence-electron chi connectivity index (χ1n) is 9.72. The fraction of sp³-hybridized carbons (Fsp3) is 0.200. The summed E-state index contributed by atoms with van der Waals surface area (Å²) in [5, 5.41) is 7.54. The molecule has 0 atom stereocenters. The van der Waals surface area contributed by atoms with Crippen LogP contribution in [0, 0.1) is 0 Å². The lowest BCUT2D eigenvalue weighted by Gasteiger charge is -2.08. The molecule has 0 aliphatic carbocycles. The zero-order valence-corrected chi connectivity index (χ0v) is 22.6. The summed E-state index contributed by atoms with van der Waals surface area (Å²) in [5.41, 5.74) is 14.1. The first kappa shape index (κ1) is 33.5. The van der Waals surface area contributed by atoms with Crippen LogP contribution in [0.15, 0.2) is 53.5 Å². The number of isothiocyanates is 1. The van der Waals surface area contributed by atoms with E-state index in [1.54, 1.807) is 0 Å². The highest BCUT2D eigenvalue weighted by Gasteiger charge is 2.00. The smallest absolute Gasteiger partial charge is 0.251 e. The number of thiocarbonyl (C=S) groups is 2. The Balaban J connectivity index is 0.000000583. The molecule has 0 unspecified atom stereocenters. The Bertz CT molecular complexity index is 976. The number of amides is 2. The Labute approximate surface area is 230 Å². The topological polar surface area (TPSA) is 158 Å². The quantitative estimate of drug-likeness (QED) is 0.0344. The van der Waals surface area contributed by atoms with E-state index in [1.807, 2.05) is 53.7 Å². The van der Waals surface area contributed by atoms with Gasteiger partial charge in [-0.2, -0.15) is 16.0 Å². The summed E-state index contributed by atoms with van der Waals surface area (Å²) in [6.07, 6.45) is 0. The van der Waals surface area contributed by atoms with Crippen LogP contribution in [0.25, 0.3) is 0 Å². The molecule has 0 saturated carbocycles. The van der Waals surface area contributed by atoms with E-state index < -0.39 is 0 Å². The fourth-order valence-electron chi connectivity index (χ4n) is 2.01. The van der Waals surface area contributed by atoms with Crippen molar-refractivity contribution in [2.75, 3.05) is 11.1 Å². The molecule has 0 bridgehead atoms. The van der Waals surface area contributed by atoms with Crippen LogP contribution < -0.4 is 27.3 Å². The number of carbonyl (C=O) groups is 2. The number of rotatable bonds is 9. The van der Waals surface area contributed by atoms with Crippen LogP contribution in [-0.2, 0) is 41.3 Å². The molecule has 2 aromatic rings. The molecule has 6 N–H and O–H groups in total. The Morgan fingerprint density at radius 2 is 1.42 bits per heavy atom. The third kappa shape index (κ3) is 19.8. The standard InChI is InChI=1S/C10H13N3O3S2.C7H10N2O2S.C3H3NOS/c1-7(14)12-10(17)13-9-4-2-8(3-5-9)6-11-15-16-18;8-7-3-1-6(2-4-7)5-9-10-11-12;1-3(5)4-2-6/h2-5,11,18H,6H2,1H3,(H2,12,13,14,17);1-4,9,12H,5,8H2;1H3. The van der Waals surface area contributed by atoms with Gasteiger partial charge in [0.05, 0.1) is 5.16 Å². The van der Waals surface area contributed by atoms with Gasteiger partial charge in [-0.15, -0.1) is 18.6 Å². The van der Waals surface area contributed by atoms with Gasteiger partial charge in [0.25, 0.3) is 5.91 Å². The minimum absolute atomic E-state index is 0.211. The minimum atomic E-state index is -0.301. The SMILES string of the molecule is CC(=O)N=C=S.CC(=O)NC(=S)Nc1ccc(CNOOS)cc1.Nc1ccc(CNOOS)cc1. The molecule has 0 saturated heterocycles. The number of nitrogens with one attached hydrogen (secondary N) is 4. The van der Waals surface area contributed by atoms with Gasteiger partial charge in [0.2, 0.25) is 5.91 Å². The van der Waals surface area contributed by atoms with E-state index in [-0.39, 0.29) is 16.9 Å². The average molecular weight is 575 g/mol. The van der Waals surface area contributed by atoms with E-state index in [0.29, 0.717) is 13.1 Å². The van der Waals surface area contributed by atoms with Gasteiger partial charge >= 0.3 is 0 Å². The molecule has 0 heterocycles. The first-order chi connectivity index (χ1) is 17.2. The molecule has 0 aromatic heterocycles. The molecule has 2 rings (SSSR count). The third-order valence-electron chi connectivity index (χ3n) is 3.43. The van der Waals surface area contributed by atoms with E-state index in [9.17, 15) is 9.59 Å². The molecule has 0 spiro atoms. The summed E-state index contributed by atoms with van der Waals surface area (Å²) in [6, 6.07) is 14.8. The molecule has 16 heteroatoms. The number of thiol groups is 2. The highest BCUT2D eigenvalue weighted by molar-refractivity contribution is 7.80. The second kappa shape index (κ2) is 21.8. The number of nitrogens with zero attached hydrogens (tertiary/aromatic N) is 1. The Kier molecular flexibility index (Phi) is 20.3. The zero-order valence-electron chi connectivity index (χ0n) is 19.2. The van der Waals surface area contributed by atoms with Crippen LogP contribution in [0.1, 0.15) is 25.0 Å². The number of anilines is 2. The molecule has 0 aliphatic heterocycles. The second-order valence-electron chi connectivity index (χ2n) is 6.25. The van der Waals surface area contributed by atoms with Crippen molar-refractivity contribution in [3.05, 3.63) is 59.7 Å². The second-order valence-corrected chi connectivity index (χ2v) is 7.14. The van der Waals surface area contributed by atoms with Crippen molar-refractivity contribution in [1.29, 1.82) is 0 Å². The molecule has 2 amide bonds. The molecule has 12 nitrogen and oxygen atoms in total. The molecule has 36 heavy (non-hydrogen) atoms. The minimum Gasteiger partial charge on any atom is -0.399 e. The van der Waals surface area contributed by atoms with Gasteiger partial charge in [-0.05, 0) is 59.8 Å². The maximum atomic E-state index is 10.8. The van der Waals surface area contributed by atoms with Gasteiger partial charge in [0, 0.05) is 64.1 Å². The van der Waals surface area contributed by atoms with Gasteiger partial charge in [-0.1, -0.05) is 24.3 Å². The Hall–Kier alpha value is -2.47. The van der Waals surface area contributed by atoms with Crippen molar-refractivity contribution < 1.29 is 28.2 Å². The number of nitrogens with two attached hydrogens (primary N) is 1. The van der Waals surface area contributed by atoms with Gasteiger partial charge in [-0.3, -0.25) is 9.59 Å². The van der Waals surface area contributed by atoms with Crippen LogP contribution in [0.3, 0.4) is 0 Å². The molecule has 0 radical (unpaired) electrons. The normalized spacial score (nSPS) is 9.33. The van der Waals surface area contributed by atoms with Gasteiger partial charge in [-0.25, -0.2) is 0 Å². The summed E-state index contributed by atoms with van der Waals surface area (Å²) in [6.45, 7) is 3.73. The van der Waals surface area contributed by atoms with Crippen molar-refractivity contribution in [2.24, 2.45) is 4.99 Å². The summed E-state index contributed by atoms with van der Waals surface area (Å²) in [7, 11) is 0. The van der Waals surface area contributed by atoms with Gasteiger partial charge < -0.3 is 16.4 Å². The molecule has 2 aromatic carbocycles.